The lowest BCUT2D eigenvalue weighted by Crippen LogP contribution is -2.24. The third-order valence-corrected chi connectivity index (χ3v) is 3.39. The van der Waals surface area contributed by atoms with Crippen LogP contribution in [0.5, 0.6) is 0 Å². The summed E-state index contributed by atoms with van der Waals surface area (Å²) in [4.78, 5) is 25.5. The molecular formula is C16H15ClN4O4. The highest BCUT2D eigenvalue weighted by Gasteiger charge is 2.15. The highest BCUT2D eigenvalue weighted by Crippen LogP contribution is 2.26. The number of nitrogen functional groups attached to an aromatic ring is 1. The number of nitro groups is 1. The molecule has 1 amide bonds. The van der Waals surface area contributed by atoms with Crippen LogP contribution < -0.4 is 11.1 Å². The van der Waals surface area contributed by atoms with E-state index in [0.29, 0.717) is 5.56 Å². The highest BCUT2D eigenvalue weighted by molar-refractivity contribution is 6.31. The van der Waals surface area contributed by atoms with Crippen LogP contribution in [0, 0.1) is 10.1 Å². The second-order valence-electron chi connectivity index (χ2n) is 4.87. The minimum absolute atomic E-state index is 0.0333. The van der Waals surface area contributed by atoms with Crippen molar-refractivity contribution in [2.24, 2.45) is 0 Å². The molecule has 130 valence electrons. The van der Waals surface area contributed by atoms with Crippen LogP contribution >= 0.6 is 11.6 Å². The van der Waals surface area contributed by atoms with Gasteiger partial charge in [0.15, 0.2) is 0 Å². The summed E-state index contributed by atoms with van der Waals surface area (Å²) in [6.45, 7) is 0.318. The summed E-state index contributed by atoms with van der Waals surface area (Å²) < 4.78 is 5.04. The van der Waals surface area contributed by atoms with Gasteiger partial charge in [0.05, 0.1) is 4.92 Å². The van der Waals surface area contributed by atoms with Gasteiger partial charge in [0.25, 0.3) is 0 Å². The molecule has 9 heteroatoms. The summed E-state index contributed by atoms with van der Waals surface area (Å²) in [5.41, 5.74) is 6.29. The number of hydrogen-bond acceptors (Lipinski definition) is 6. The van der Waals surface area contributed by atoms with E-state index in [1.54, 1.807) is 6.08 Å². The summed E-state index contributed by atoms with van der Waals surface area (Å²) in [6.07, 6.45) is 2.48. The zero-order valence-corrected chi connectivity index (χ0v) is 13.8. The van der Waals surface area contributed by atoms with Crippen molar-refractivity contribution in [2.75, 3.05) is 12.3 Å². The van der Waals surface area contributed by atoms with Crippen molar-refractivity contribution in [3.63, 3.8) is 0 Å². The first-order chi connectivity index (χ1) is 12.0. The van der Waals surface area contributed by atoms with Crippen molar-refractivity contribution in [1.82, 2.24) is 10.3 Å². The number of hydrogen-bond donors (Lipinski definition) is 2. The topological polar surface area (TPSA) is 120 Å². The lowest BCUT2D eigenvalue weighted by Gasteiger charge is -2.05. The fourth-order valence-electron chi connectivity index (χ4n) is 1.87. The predicted molar refractivity (Wildman–Crippen MR) is 94.0 cm³/mol. The average Bonchev–Trinajstić information content (AvgIpc) is 2.59. The minimum Gasteiger partial charge on any atom is -0.445 e. The fraction of sp³-hybridized carbons (Fsp3) is 0.125. The number of amides is 1. The van der Waals surface area contributed by atoms with Crippen LogP contribution in [0.25, 0.3) is 6.08 Å². The number of nitrogens with one attached hydrogen (secondary N) is 1. The van der Waals surface area contributed by atoms with Gasteiger partial charge in [-0.15, -0.1) is 0 Å². The van der Waals surface area contributed by atoms with Crippen LogP contribution in [0.4, 0.5) is 16.3 Å². The average molecular weight is 363 g/mol. The molecule has 0 aliphatic carbocycles. The summed E-state index contributed by atoms with van der Waals surface area (Å²) in [5, 5.41) is 13.4. The Bertz CT molecular complexity index is 796. The number of benzene rings is 1. The van der Waals surface area contributed by atoms with E-state index in [9.17, 15) is 14.9 Å². The quantitative estimate of drug-likeness (QED) is 0.462. The highest BCUT2D eigenvalue weighted by atomic mass is 35.5. The Labute approximate surface area is 148 Å². The molecule has 1 aromatic heterocycles. The Morgan fingerprint density at radius 2 is 2.12 bits per heavy atom. The van der Waals surface area contributed by atoms with Crippen LogP contribution in [0.15, 0.2) is 42.5 Å². The zero-order valence-electron chi connectivity index (χ0n) is 13.0. The van der Waals surface area contributed by atoms with Crippen molar-refractivity contribution < 1.29 is 14.5 Å². The number of halogens is 1. The molecule has 0 aliphatic rings. The molecule has 0 unspecified atom stereocenters. The van der Waals surface area contributed by atoms with Gasteiger partial charge >= 0.3 is 11.8 Å². The molecule has 0 bridgehead atoms. The van der Waals surface area contributed by atoms with Crippen LogP contribution in [-0.2, 0) is 11.3 Å². The van der Waals surface area contributed by atoms with E-state index in [1.807, 2.05) is 30.3 Å². The van der Waals surface area contributed by atoms with E-state index in [4.69, 9.17) is 22.1 Å². The SMILES string of the molecule is Nc1nc(Cl)c(C=CCNC(=O)OCc2ccccc2)cc1[N+](=O)[O-]. The van der Waals surface area contributed by atoms with Gasteiger partial charge in [-0.1, -0.05) is 54.1 Å². The third kappa shape index (κ3) is 5.47. The molecule has 0 saturated carbocycles. The largest absolute Gasteiger partial charge is 0.445 e. The Morgan fingerprint density at radius 1 is 1.40 bits per heavy atom. The smallest absolute Gasteiger partial charge is 0.407 e. The standard InChI is InChI=1S/C16H15ClN4O4/c17-14-12(9-13(21(23)24)15(18)20-14)7-4-8-19-16(22)25-10-11-5-2-1-3-6-11/h1-7,9H,8,10H2,(H2,18,20)(H,19,22). The molecule has 2 aromatic rings. The maximum Gasteiger partial charge on any atom is 0.407 e. The Kier molecular flexibility index (Phi) is 6.30. The maximum atomic E-state index is 11.6. The van der Waals surface area contributed by atoms with Crippen LogP contribution in [-0.4, -0.2) is 22.5 Å². The molecule has 0 aliphatic heterocycles. The molecule has 0 spiro atoms. The third-order valence-electron chi connectivity index (χ3n) is 3.08. The summed E-state index contributed by atoms with van der Waals surface area (Å²) in [5.74, 6) is -0.255. The van der Waals surface area contributed by atoms with Gasteiger partial charge in [-0.3, -0.25) is 10.1 Å². The molecule has 25 heavy (non-hydrogen) atoms. The summed E-state index contributed by atoms with van der Waals surface area (Å²) in [7, 11) is 0. The van der Waals surface area contributed by atoms with E-state index < -0.39 is 11.0 Å². The van der Waals surface area contributed by atoms with Gasteiger partial charge in [-0.25, -0.2) is 9.78 Å². The first-order valence-electron chi connectivity index (χ1n) is 7.19. The lowest BCUT2D eigenvalue weighted by atomic mass is 10.2. The molecule has 2 rings (SSSR count). The first kappa shape index (κ1) is 18.2. The number of aromatic nitrogens is 1. The van der Waals surface area contributed by atoms with Crippen LogP contribution in [0.2, 0.25) is 5.15 Å². The maximum absolute atomic E-state index is 11.6. The molecule has 0 saturated heterocycles. The van der Waals surface area contributed by atoms with Gasteiger partial charge in [0.1, 0.15) is 11.8 Å². The van der Waals surface area contributed by atoms with Gasteiger partial charge in [-0.2, -0.15) is 0 Å². The number of rotatable bonds is 6. The van der Waals surface area contributed by atoms with E-state index in [2.05, 4.69) is 10.3 Å². The monoisotopic (exact) mass is 362 g/mol. The van der Waals surface area contributed by atoms with Crippen molar-refractivity contribution in [2.45, 2.75) is 6.61 Å². The number of ether oxygens (including phenoxy) is 1. The van der Waals surface area contributed by atoms with Gasteiger partial charge in [-0.05, 0) is 5.56 Å². The Balaban J connectivity index is 1.86. The number of alkyl carbamates (subject to hydrolysis) is 1. The van der Waals surface area contributed by atoms with Gasteiger partial charge in [0.2, 0.25) is 5.82 Å². The lowest BCUT2D eigenvalue weighted by molar-refractivity contribution is -0.384. The minimum atomic E-state index is -0.644. The summed E-state index contributed by atoms with van der Waals surface area (Å²) in [6, 6.07) is 10.5. The first-order valence-corrected chi connectivity index (χ1v) is 7.56. The van der Waals surface area contributed by atoms with E-state index in [1.165, 1.54) is 12.1 Å². The van der Waals surface area contributed by atoms with Crippen LogP contribution in [0.3, 0.4) is 0 Å². The van der Waals surface area contributed by atoms with E-state index >= 15 is 0 Å². The number of carbonyl (C=O) groups excluding carboxylic acids is 1. The van der Waals surface area contributed by atoms with Crippen molar-refractivity contribution in [1.29, 1.82) is 0 Å². The van der Waals surface area contributed by atoms with Gasteiger partial charge < -0.3 is 15.8 Å². The van der Waals surface area contributed by atoms with E-state index in [-0.39, 0.29) is 29.8 Å². The van der Waals surface area contributed by atoms with Crippen molar-refractivity contribution >= 4 is 35.3 Å². The van der Waals surface area contributed by atoms with Gasteiger partial charge in [0, 0.05) is 18.2 Å². The predicted octanol–water partition coefficient (Wildman–Crippen LogP) is 3.17. The van der Waals surface area contributed by atoms with Crippen molar-refractivity contribution in [3.05, 3.63) is 68.9 Å². The molecule has 0 radical (unpaired) electrons. The van der Waals surface area contributed by atoms with Crippen molar-refractivity contribution in [3.8, 4) is 0 Å². The molecule has 1 aromatic carbocycles. The number of nitrogens with two attached hydrogens (primary N) is 1. The fourth-order valence-corrected chi connectivity index (χ4v) is 2.08. The molecule has 3 N–H and O–H groups in total. The Morgan fingerprint density at radius 3 is 2.80 bits per heavy atom. The van der Waals surface area contributed by atoms with E-state index in [0.717, 1.165) is 5.56 Å². The normalized spacial score (nSPS) is 10.6. The second-order valence-corrected chi connectivity index (χ2v) is 5.23. The molecule has 0 atom stereocenters. The number of nitrogens with zero attached hydrogens (tertiary/aromatic N) is 2. The number of anilines is 1. The number of pyridine rings is 1. The Hall–Kier alpha value is -3.13. The molecule has 8 nitrogen and oxygen atoms in total. The molecular weight excluding hydrogens is 348 g/mol. The zero-order chi connectivity index (χ0) is 18.2. The summed E-state index contributed by atoms with van der Waals surface area (Å²) >= 11 is 5.89. The molecule has 1 heterocycles. The second kappa shape index (κ2) is 8.65. The number of carbonyl (C=O) groups is 1. The molecule has 0 fully saturated rings. The van der Waals surface area contributed by atoms with Crippen LogP contribution in [0.1, 0.15) is 11.1 Å².